The van der Waals surface area contributed by atoms with Gasteiger partial charge < -0.3 is 16.0 Å². The molecule has 10 heteroatoms. The molecule has 0 fully saturated rings. The highest BCUT2D eigenvalue weighted by Gasteiger charge is 2.37. The van der Waals surface area contributed by atoms with Gasteiger partial charge in [0, 0.05) is 18.1 Å². The van der Waals surface area contributed by atoms with Crippen LogP contribution in [-0.2, 0) is 24.4 Å². The third kappa shape index (κ3) is 4.22. The second kappa shape index (κ2) is 8.46. The Balaban J connectivity index is 1.55. The molecule has 166 valence electrons. The van der Waals surface area contributed by atoms with Crippen molar-refractivity contribution in [3.63, 3.8) is 0 Å². The van der Waals surface area contributed by atoms with Crippen LogP contribution in [0.15, 0.2) is 65.8 Å². The highest BCUT2D eigenvalue weighted by Crippen LogP contribution is 2.30. The molecule has 9 nitrogen and oxygen atoms in total. The second-order valence-corrected chi connectivity index (χ2v) is 9.50. The minimum atomic E-state index is -4.06. The van der Waals surface area contributed by atoms with Crippen molar-refractivity contribution in [1.82, 2.24) is 14.9 Å². The Morgan fingerprint density at radius 3 is 2.59 bits per heavy atom. The van der Waals surface area contributed by atoms with Crippen LogP contribution in [0.5, 0.6) is 0 Å². The summed E-state index contributed by atoms with van der Waals surface area (Å²) >= 11 is 0. The number of sulfonamides is 1. The number of aryl methyl sites for hydroxylation is 1. The summed E-state index contributed by atoms with van der Waals surface area (Å²) in [7, 11) is -4.06. The average molecular weight is 455 g/mol. The van der Waals surface area contributed by atoms with Crippen molar-refractivity contribution in [1.29, 1.82) is 0 Å². The third-order valence-corrected chi connectivity index (χ3v) is 7.17. The fourth-order valence-corrected chi connectivity index (χ4v) is 5.19. The molecule has 2 aromatic rings. The zero-order valence-corrected chi connectivity index (χ0v) is 18.1. The fourth-order valence-electron chi connectivity index (χ4n) is 3.74. The molecule has 2 heterocycles. The molecule has 3 amide bonds. The maximum atomic E-state index is 13.1. The molecule has 0 spiro atoms. The van der Waals surface area contributed by atoms with E-state index in [4.69, 9.17) is 0 Å². The van der Waals surface area contributed by atoms with Crippen molar-refractivity contribution in [2.45, 2.75) is 36.7 Å². The van der Waals surface area contributed by atoms with Crippen LogP contribution in [0.2, 0.25) is 0 Å². The Hall–Kier alpha value is -3.66. The van der Waals surface area contributed by atoms with E-state index in [1.165, 1.54) is 24.5 Å². The van der Waals surface area contributed by atoms with E-state index >= 15 is 0 Å². The Kier molecular flexibility index (Phi) is 5.70. The summed E-state index contributed by atoms with van der Waals surface area (Å²) in [6.45, 7) is 1.83. The number of hydrogen-bond acceptors (Lipinski definition) is 5. The molecule has 32 heavy (non-hydrogen) atoms. The molecule has 0 aliphatic carbocycles. The highest BCUT2D eigenvalue weighted by molar-refractivity contribution is 7.89. The van der Waals surface area contributed by atoms with Crippen molar-refractivity contribution < 1.29 is 22.8 Å². The first-order valence-electron chi connectivity index (χ1n) is 10.0. The summed E-state index contributed by atoms with van der Waals surface area (Å²) in [6.07, 6.45) is 2.11. The highest BCUT2D eigenvalue weighted by atomic mass is 32.2. The lowest BCUT2D eigenvalue weighted by molar-refractivity contribution is -0.130. The van der Waals surface area contributed by atoms with Crippen LogP contribution in [0, 0.1) is 6.92 Å². The van der Waals surface area contributed by atoms with Gasteiger partial charge in [0.25, 0.3) is 10.0 Å². The van der Waals surface area contributed by atoms with E-state index in [0.29, 0.717) is 5.69 Å². The van der Waals surface area contributed by atoms with Gasteiger partial charge in [0.2, 0.25) is 17.7 Å². The van der Waals surface area contributed by atoms with Gasteiger partial charge >= 0.3 is 0 Å². The zero-order chi connectivity index (χ0) is 22.9. The molecule has 4 rings (SSSR count). The number of nitrogens with one attached hydrogen (secondary N) is 3. The van der Waals surface area contributed by atoms with Gasteiger partial charge in [0.1, 0.15) is 6.04 Å². The summed E-state index contributed by atoms with van der Waals surface area (Å²) in [4.78, 5) is 37.3. The SMILES string of the molecule is Cc1ccc(S(=O)(=O)N2C=CNC(=O)[C@H]2CC(=O)N[C@@H]2CC(=O)Nc3ccccc32)cc1. The van der Waals surface area contributed by atoms with E-state index in [0.717, 1.165) is 15.4 Å². The first-order valence-corrected chi connectivity index (χ1v) is 11.4. The predicted molar refractivity (Wildman–Crippen MR) is 116 cm³/mol. The van der Waals surface area contributed by atoms with Gasteiger partial charge in [0.05, 0.1) is 23.8 Å². The maximum Gasteiger partial charge on any atom is 0.264 e. The fraction of sp³-hybridized carbons (Fsp3) is 0.227. The van der Waals surface area contributed by atoms with Crippen LogP contribution in [0.1, 0.15) is 30.0 Å². The van der Waals surface area contributed by atoms with Gasteiger partial charge in [0.15, 0.2) is 0 Å². The molecule has 2 aliphatic rings. The van der Waals surface area contributed by atoms with Gasteiger partial charge in [-0.15, -0.1) is 0 Å². The lowest BCUT2D eigenvalue weighted by Gasteiger charge is -2.32. The van der Waals surface area contributed by atoms with Crippen molar-refractivity contribution in [2.24, 2.45) is 0 Å². The van der Waals surface area contributed by atoms with Crippen LogP contribution >= 0.6 is 0 Å². The molecule has 0 aromatic heterocycles. The van der Waals surface area contributed by atoms with E-state index in [2.05, 4.69) is 16.0 Å². The van der Waals surface area contributed by atoms with Gasteiger partial charge in [-0.2, -0.15) is 0 Å². The molecule has 0 bridgehead atoms. The number of anilines is 1. The Morgan fingerprint density at radius 1 is 1.12 bits per heavy atom. The van der Waals surface area contributed by atoms with Gasteiger partial charge in [-0.25, -0.2) is 8.42 Å². The van der Waals surface area contributed by atoms with Gasteiger partial charge in [-0.1, -0.05) is 35.9 Å². The Bertz CT molecular complexity index is 1210. The molecule has 2 atom stereocenters. The lowest BCUT2D eigenvalue weighted by atomic mass is 9.97. The molecule has 2 aliphatic heterocycles. The molecular weight excluding hydrogens is 432 g/mol. The molecular formula is C22H22N4O5S. The minimum absolute atomic E-state index is 0.0192. The monoisotopic (exact) mass is 454 g/mol. The van der Waals surface area contributed by atoms with Crippen LogP contribution in [0.4, 0.5) is 5.69 Å². The number of benzene rings is 2. The summed E-state index contributed by atoms with van der Waals surface area (Å²) in [5, 5.41) is 7.97. The average Bonchev–Trinajstić information content (AvgIpc) is 2.75. The quantitative estimate of drug-likeness (QED) is 0.632. The maximum absolute atomic E-state index is 13.1. The minimum Gasteiger partial charge on any atom is -0.349 e. The lowest BCUT2D eigenvalue weighted by Crippen LogP contribution is -2.51. The summed E-state index contributed by atoms with van der Waals surface area (Å²) in [5.41, 5.74) is 2.25. The summed E-state index contributed by atoms with van der Waals surface area (Å²) in [5.74, 6) is -1.39. The normalized spacial score (nSPS) is 20.2. The van der Waals surface area contributed by atoms with Gasteiger partial charge in [-0.3, -0.25) is 18.7 Å². The van der Waals surface area contributed by atoms with Gasteiger partial charge in [-0.05, 0) is 30.7 Å². The van der Waals surface area contributed by atoms with E-state index < -0.39 is 40.3 Å². The van der Waals surface area contributed by atoms with E-state index in [-0.39, 0.29) is 17.2 Å². The third-order valence-electron chi connectivity index (χ3n) is 5.37. The number of nitrogens with zero attached hydrogens (tertiary/aromatic N) is 1. The first-order chi connectivity index (χ1) is 15.3. The van der Waals surface area contributed by atoms with Crippen LogP contribution in [0.3, 0.4) is 0 Å². The number of fused-ring (bicyclic) bond motifs is 1. The number of carbonyl (C=O) groups excluding carboxylic acids is 3. The number of amides is 3. The van der Waals surface area contributed by atoms with Crippen LogP contribution in [-0.4, -0.2) is 36.5 Å². The smallest absolute Gasteiger partial charge is 0.264 e. The standard InChI is InChI=1S/C22H22N4O5S/c1-14-6-8-15(9-7-14)32(30,31)26-11-10-23-22(29)19(26)13-21(28)25-18-12-20(27)24-17-5-3-2-4-16(17)18/h2-11,18-19H,12-13H2,1H3,(H,23,29)(H,24,27)(H,25,28)/t18-,19-/m1/s1. The van der Waals surface area contributed by atoms with Crippen molar-refractivity contribution in [3.8, 4) is 0 Å². The zero-order valence-electron chi connectivity index (χ0n) is 17.2. The molecule has 0 unspecified atom stereocenters. The largest absolute Gasteiger partial charge is 0.349 e. The first kappa shape index (κ1) is 21.6. The van der Waals surface area contributed by atoms with Crippen LogP contribution < -0.4 is 16.0 Å². The molecule has 3 N–H and O–H groups in total. The van der Waals surface area contributed by atoms with Crippen molar-refractivity contribution >= 4 is 33.4 Å². The summed E-state index contributed by atoms with van der Waals surface area (Å²) < 4.78 is 27.2. The number of para-hydroxylation sites is 1. The van der Waals surface area contributed by atoms with E-state index in [1.54, 1.807) is 36.4 Å². The predicted octanol–water partition coefficient (Wildman–Crippen LogP) is 1.55. The molecule has 0 radical (unpaired) electrons. The number of hydrogen-bond donors (Lipinski definition) is 3. The topological polar surface area (TPSA) is 125 Å². The van der Waals surface area contributed by atoms with Crippen LogP contribution in [0.25, 0.3) is 0 Å². The summed E-state index contributed by atoms with van der Waals surface area (Å²) in [6, 6.07) is 11.5. The van der Waals surface area contributed by atoms with Crippen molar-refractivity contribution in [3.05, 3.63) is 72.1 Å². The molecule has 0 saturated carbocycles. The Morgan fingerprint density at radius 2 is 1.84 bits per heavy atom. The molecule has 2 aromatic carbocycles. The van der Waals surface area contributed by atoms with Crippen molar-refractivity contribution in [2.75, 3.05) is 5.32 Å². The second-order valence-electron chi connectivity index (χ2n) is 7.65. The number of carbonyl (C=O) groups is 3. The Labute approximate surface area is 185 Å². The molecule has 0 saturated heterocycles. The van der Waals surface area contributed by atoms with E-state index in [1.807, 2.05) is 6.92 Å². The number of rotatable bonds is 5. The van der Waals surface area contributed by atoms with E-state index in [9.17, 15) is 22.8 Å².